The SMILES string of the molecule is CC1OCCC1CNS(=O)(=O)c1cnc(N)c(Cl)c1. The molecule has 2 atom stereocenters. The van der Waals surface area contributed by atoms with E-state index in [9.17, 15) is 8.42 Å². The van der Waals surface area contributed by atoms with E-state index in [2.05, 4.69) is 9.71 Å². The number of nitrogens with two attached hydrogens (primary N) is 1. The molecular weight excluding hydrogens is 290 g/mol. The van der Waals surface area contributed by atoms with Crippen LogP contribution >= 0.6 is 11.6 Å². The molecule has 8 heteroatoms. The Morgan fingerprint density at radius 3 is 2.95 bits per heavy atom. The van der Waals surface area contributed by atoms with Crippen LogP contribution in [0.1, 0.15) is 13.3 Å². The van der Waals surface area contributed by atoms with Crippen molar-refractivity contribution in [2.45, 2.75) is 24.3 Å². The van der Waals surface area contributed by atoms with E-state index in [0.29, 0.717) is 13.2 Å². The van der Waals surface area contributed by atoms with Crippen molar-refractivity contribution in [3.63, 3.8) is 0 Å². The van der Waals surface area contributed by atoms with E-state index >= 15 is 0 Å². The van der Waals surface area contributed by atoms with Gasteiger partial charge in [-0.25, -0.2) is 18.1 Å². The van der Waals surface area contributed by atoms with Crippen LogP contribution in [0.3, 0.4) is 0 Å². The molecule has 1 saturated heterocycles. The summed E-state index contributed by atoms with van der Waals surface area (Å²) in [6.07, 6.45) is 2.11. The molecule has 3 N–H and O–H groups in total. The molecule has 19 heavy (non-hydrogen) atoms. The topological polar surface area (TPSA) is 94.3 Å². The van der Waals surface area contributed by atoms with Gasteiger partial charge in [-0.15, -0.1) is 0 Å². The van der Waals surface area contributed by atoms with Crippen LogP contribution in [-0.4, -0.2) is 32.7 Å². The number of aromatic nitrogens is 1. The van der Waals surface area contributed by atoms with Crippen LogP contribution in [-0.2, 0) is 14.8 Å². The Kier molecular flexibility index (Phi) is 4.29. The summed E-state index contributed by atoms with van der Waals surface area (Å²) in [6.45, 7) is 2.95. The first-order valence-corrected chi connectivity index (χ1v) is 7.78. The number of nitrogens with zero attached hydrogens (tertiary/aromatic N) is 1. The molecule has 0 aromatic carbocycles. The summed E-state index contributed by atoms with van der Waals surface area (Å²) in [5.41, 5.74) is 5.45. The first-order chi connectivity index (χ1) is 8.90. The van der Waals surface area contributed by atoms with E-state index in [1.807, 2.05) is 6.92 Å². The van der Waals surface area contributed by atoms with E-state index in [-0.39, 0.29) is 27.8 Å². The molecule has 1 aromatic rings. The molecule has 0 saturated carbocycles. The van der Waals surface area contributed by atoms with Gasteiger partial charge in [0.25, 0.3) is 0 Å². The first-order valence-electron chi connectivity index (χ1n) is 5.92. The van der Waals surface area contributed by atoms with Gasteiger partial charge >= 0.3 is 0 Å². The average Bonchev–Trinajstić information content (AvgIpc) is 2.76. The highest BCUT2D eigenvalue weighted by atomic mass is 35.5. The summed E-state index contributed by atoms with van der Waals surface area (Å²) < 4.78 is 32.1. The van der Waals surface area contributed by atoms with Crippen LogP contribution < -0.4 is 10.5 Å². The van der Waals surface area contributed by atoms with E-state index in [4.69, 9.17) is 22.1 Å². The van der Waals surface area contributed by atoms with Crippen molar-refractivity contribution in [2.24, 2.45) is 5.92 Å². The summed E-state index contributed by atoms with van der Waals surface area (Å²) in [5, 5.41) is 0.125. The molecule has 1 fully saturated rings. The number of anilines is 1. The van der Waals surface area contributed by atoms with Crippen LogP contribution in [0.25, 0.3) is 0 Å². The molecular formula is C11H16ClN3O3S. The molecule has 0 radical (unpaired) electrons. The lowest BCUT2D eigenvalue weighted by atomic mass is 10.0. The minimum Gasteiger partial charge on any atom is -0.382 e. The summed E-state index contributed by atoms with van der Waals surface area (Å²) in [5.74, 6) is 0.297. The molecule has 0 amide bonds. The zero-order valence-electron chi connectivity index (χ0n) is 10.5. The van der Waals surface area contributed by atoms with Crippen LogP contribution in [0, 0.1) is 5.92 Å². The standard InChI is InChI=1S/C11H16ClN3O3S/c1-7-8(2-3-18-7)5-15-19(16,17)9-4-10(12)11(13)14-6-9/h4,6-8,15H,2-3,5H2,1H3,(H2,13,14). The first kappa shape index (κ1) is 14.5. The van der Waals surface area contributed by atoms with Gasteiger partial charge in [0.15, 0.2) is 0 Å². The molecule has 2 heterocycles. The maximum Gasteiger partial charge on any atom is 0.242 e. The number of hydrogen-bond acceptors (Lipinski definition) is 5. The van der Waals surface area contributed by atoms with Crippen molar-refractivity contribution in [3.8, 4) is 0 Å². The molecule has 2 unspecified atom stereocenters. The smallest absolute Gasteiger partial charge is 0.242 e. The number of sulfonamides is 1. The fourth-order valence-corrected chi connectivity index (χ4v) is 3.22. The van der Waals surface area contributed by atoms with Crippen molar-refractivity contribution >= 4 is 27.4 Å². The number of halogens is 1. The number of ether oxygens (including phenoxy) is 1. The lowest BCUT2D eigenvalue weighted by molar-refractivity contribution is 0.107. The highest BCUT2D eigenvalue weighted by molar-refractivity contribution is 7.89. The lowest BCUT2D eigenvalue weighted by Gasteiger charge is -2.15. The zero-order chi connectivity index (χ0) is 14.0. The number of nitrogen functional groups attached to an aromatic ring is 1. The molecule has 0 spiro atoms. The van der Waals surface area contributed by atoms with Crippen LogP contribution in [0.5, 0.6) is 0 Å². The second kappa shape index (κ2) is 5.62. The predicted octanol–water partition coefficient (Wildman–Crippen LogP) is 1.02. The number of nitrogens with one attached hydrogen (secondary N) is 1. The number of hydrogen-bond donors (Lipinski definition) is 2. The predicted molar refractivity (Wildman–Crippen MR) is 72.4 cm³/mol. The second-order valence-corrected chi connectivity index (χ2v) is 6.69. The fraction of sp³-hybridized carbons (Fsp3) is 0.545. The summed E-state index contributed by atoms with van der Waals surface area (Å²) in [4.78, 5) is 3.75. The zero-order valence-corrected chi connectivity index (χ0v) is 12.0. The Hall–Kier alpha value is -0.890. The van der Waals surface area contributed by atoms with Gasteiger partial charge < -0.3 is 10.5 Å². The normalized spacial score (nSPS) is 23.7. The minimum absolute atomic E-state index is 0.0123. The van der Waals surface area contributed by atoms with Gasteiger partial charge in [0.1, 0.15) is 10.7 Å². The van der Waals surface area contributed by atoms with Gasteiger partial charge in [-0.1, -0.05) is 11.6 Å². The van der Waals surface area contributed by atoms with Gasteiger partial charge in [-0.3, -0.25) is 0 Å². The molecule has 6 nitrogen and oxygen atoms in total. The van der Waals surface area contributed by atoms with Gasteiger partial charge in [0, 0.05) is 25.3 Å². The van der Waals surface area contributed by atoms with Crippen LogP contribution in [0.15, 0.2) is 17.2 Å². The van der Waals surface area contributed by atoms with Crippen molar-refractivity contribution < 1.29 is 13.2 Å². The van der Waals surface area contributed by atoms with Gasteiger partial charge in [0.2, 0.25) is 10.0 Å². The Labute approximate surface area is 117 Å². The van der Waals surface area contributed by atoms with Gasteiger partial charge in [0.05, 0.1) is 11.1 Å². The number of rotatable bonds is 4. The van der Waals surface area contributed by atoms with Crippen LogP contribution in [0.4, 0.5) is 5.82 Å². The second-order valence-electron chi connectivity index (χ2n) is 4.51. The van der Waals surface area contributed by atoms with Crippen LogP contribution in [0.2, 0.25) is 5.02 Å². The van der Waals surface area contributed by atoms with Crippen molar-refractivity contribution in [1.29, 1.82) is 0 Å². The Morgan fingerprint density at radius 1 is 1.63 bits per heavy atom. The maximum absolute atomic E-state index is 12.1. The Balaban J connectivity index is 2.07. The fourth-order valence-electron chi connectivity index (χ4n) is 1.92. The summed E-state index contributed by atoms with van der Waals surface area (Å²) in [7, 11) is -3.62. The van der Waals surface area contributed by atoms with E-state index in [1.165, 1.54) is 12.3 Å². The third kappa shape index (κ3) is 3.36. The van der Waals surface area contributed by atoms with Crippen molar-refractivity contribution in [1.82, 2.24) is 9.71 Å². The Morgan fingerprint density at radius 2 is 2.37 bits per heavy atom. The number of pyridine rings is 1. The monoisotopic (exact) mass is 305 g/mol. The highest BCUT2D eigenvalue weighted by Gasteiger charge is 2.26. The molecule has 0 aliphatic carbocycles. The lowest BCUT2D eigenvalue weighted by Crippen LogP contribution is -2.32. The minimum atomic E-state index is -3.62. The molecule has 1 aromatic heterocycles. The van der Waals surface area contributed by atoms with E-state index in [0.717, 1.165) is 6.42 Å². The van der Waals surface area contributed by atoms with Gasteiger partial charge in [-0.2, -0.15) is 0 Å². The van der Waals surface area contributed by atoms with Gasteiger partial charge in [-0.05, 0) is 19.4 Å². The molecule has 0 bridgehead atoms. The average molecular weight is 306 g/mol. The summed E-state index contributed by atoms with van der Waals surface area (Å²) >= 11 is 5.77. The maximum atomic E-state index is 12.1. The third-order valence-corrected chi connectivity index (χ3v) is 4.92. The molecule has 1 aliphatic rings. The highest BCUT2D eigenvalue weighted by Crippen LogP contribution is 2.22. The molecule has 106 valence electrons. The molecule has 1 aliphatic heterocycles. The summed E-state index contributed by atoms with van der Waals surface area (Å²) in [6, 6.07) is 1.29. The van der Waals surface area contributed by atoms with E-state index in [1.54, 1.807) is 0 Å². The Bertz CT molecular complexity index is 564. The van der Waals surface area contributed by atoms with Crippen molar-refractivity contribution in [2.75, 3.05) is 18.9 Å². The van der Waals surface area contributed by atoms with E-state index < -0.39 is 10.0 Å². The molecule has 2 rings (SSSR count). The third-order valence-electron chi connectivity index (χ3n) is 3.22. The van der Waals surface area contributed by atoms with Crippen molar-refractivity contribution in [3.05, 3.63) is 17.3 Å². The largest absolute Gasteiger partial charge is 0.382 e. The quantitative estimate of drug-likeness (QED) is 0.866.